The lowest BCUT2D eigenvalue weighted by atomic mass is 9.97. The van der Waals surface area contributed by atoms with Gasteiger partial charge in [-0.15, -0.1) is 0 Å². The molecule has 0 spiro atoms. The number of carboxylic acids is 1. The van der Waals surface area contributed by atoms with Gasteiger partial charge < -0.3 is 9.84 Å². The molecule has 1 aliphatic rings. The van der Waals surface area contributed by atoms with Gasteiger partial charge in [-0.25, -0.2) is 8.78 Å². The summed E-state index contributed by atoms with van der Waals surface area (Å²) >= 11 is 0. The smallest absolute Gasteiger partial charge is 0.325 e. The number of carbonyl (C=O) groups is 1. The molecule has 0 bridgehead atoms. The number of halogens is 2. The Bertz CT molecular complexity index is 1050. The van der Waals surface area contributed by atoms with E-state index in [1.807, 2.05) is 30.3 Å². The van der Waals surface area contributed by atoms with E-state index in [9.17, 15) is 18.7 Å². The van der Waals surface area contributed by atoms with Crippen LogP contribution in [0.2, 0.25) is 0 Å². The average molecular weight is 395 g/mol. The van der Waals surface area contributed by atoms with Crippen LogP contribution in [-0.2, 0) is 11.3 Å². The van der Waals surface area contributed by atoms with Gasteiger partial charge in [0, 0.05) is 18.7 Å². The Labute approximate surface area is 167 Å². The molecule has 1 N–H and O–H groups in total. The monoisotopic (exact) mass is 395 g/mol. The van der Waals surface area contributed by atoms with Crippen LogP contribution in [0.5, 0.6) is 5.75 Å². The van der Waals surface area contributed by atoms with Crippen LogP contribution < -0.4 is 4.74 Å². The first-order valence-corrected chi connectivity index (χ1v) is 9.26. The second-order valence-corrected chi connectivity index (χ2v) is 6.91. The van der Waals surface area contributed by atoms with Crippen LogP contribution >= 0.6 is 0 Å². The third-order valence-corrected chi connectivity index (χ3v) is 5.03. The van der Waals surface area contributed by atoms with E-state index in [1.54, 1.807) is 11.0 Å². The standard InChI is InChI=1S/C23H19F2NO3/c24-17-6-3-5-15(12-17)19-7-2-1-4-16(19)14-26-10-11-29-21-9-8-18(25)13-20(21)22(26)23(27)28/h1-9,12-13,22H,10-11,14H2,(H,27,28). The van der Waals surface area contributed by atoms with E-state index < -0.39 is 17.8 Å². The summed E-state index contributed by atoms with van der Waals surface area (Å²) in [4.78, 5) is 13.9. The van der Waals surface area contributed by atoms with Crippen molar-refractivity contribution in [2.24, 2.45) is 0 Å². The van der Waals surface area contributed by atoms with Gasteiger partial charge in [0.05, 0.1) is 0 Å². The van der Waals surface area contributed by atoms with Crippen molar-refractivity contribution in [2.75, 3.05) is 13.2 Å². The van der Waals surface area contributed by atoms with Crippen LogP contribution in [-0.4, -0.2) is 29.1 Å². The molecule has 4 nitrogen and oxygen atoms in total. The highest BCUT2D eigenvalue weighted by molar-refractivity contribution is 5.77. The van der Waals surface area contributed by atoms with Crippen molar-refractivity contribution < 1.29 is 23.4 Å². The van der Waals surface area contributed by atoms with E-state index in [-0.39, 0.29) is 12.4 Å². The van der Waals surface area contributed by atoms with Crippen molar-refractivity contribution in [3.8, 4) is 16.9 Å². The number of nitrogens with zero attached hydrogens (tertiary/aromatic N) is 1. The number of hydrogen-bond acceptors (Lipinski definition) is 3. The molecule has 0 fully saturated rings. The maximum absolute atomic E-state index is 13.8. The molecule has 0 amide bonds. The minimum atomic E-state index is -1.08. The van der Waals surface area contributed by atoms with E-state index in [0.717, 1.165) is 11.1 Å². The van der Waals surface area contributed by atoms with Crippen LogP contribution in [0.15, 0.2) is 66.7 Å². The fraction of sp³-hybridized carbons (Fsp3) is 0.174. The molecule has 0 radical (unpaired) electrons. The Morgan fingerprint density at radius 1 is 1.03 bits per heavy atom. The highest BCUT2D eigenvalue weighted by atomic mass is 19.1. The molecule has 1 heterocycles. The molecular formula is C23H19F2NO3. The van der Waals surface area contributed by atoms with Crippen molar-refractivity contribution in [2.45, 2.75) is 12.6 Å². The minimum Gasteiger partial charge on any atom is -0.492 e. The summed E-state index contributed by atoms with van der Waals surface area (Å²) in [6.07, 6.45) is 0. The summed E-state index contributed by atoms with van der Waals surface area (Å²) in [5.74, 6) is -1.56. The Hall–Kier alpha value is -3.25. The summed E-state index contributed by atoms with van der Waals surface area (Å²) in [5.41, 5.74) is 2.67. The Balaban J connectivity index is 1.73. The summed E-state index contributed by atoms with van der Waals surface area (Å²) in [7, 11) is 0. The average Bonchev–Trinajstić information content (AvgIpc) is 2.87. The van der Waals surface area contributed by atoms with Gasteiger partial charge in [0.25, 0.3) is 0 Å². The quantitative estimate of drug-likeness (QED) is 0.699. The number of carboxylic acid groups (broad SMARTS) is 1. The van der Waals surface area contributed by atoms with Crippen molar-refractivity contribution in [1.29, 1.82) is 0 Å². The maximum atomic E-state index is 13.8. The predicted octanol–water partition coefficient (Wildman–Crippen LogP) is 4.65. The number of aliphatic carboxylic acids is 1. The molecule has 0 saturated carbocycles. The highest BCUT2D eigenvalue weighted by Crippen LogP contribution is 2.35. The van der Waals surface area contributed by atoms with E-state index in [0.29, 0.717) is 30.0 Å². The zero-order valence-corrected chi connectivity index (χ0v) is 15.5. The first-order valence-electron chi connectivity index (χ1n) is 9.26. The van der Waals surface area contributed by atoms with Crippen molar-refractivity contribution in [3.63, 3.8) is 0 Å². The van der Waals surface area contributed by atoms with Crippen LogP contribution in [0.25, 0.3) is 11.1 Å². The first kappa shape index (κ1) is 19.1. The molecule has 1 aliphatic heterocycles. The first-order chi connectivity index (χ1) is 14.0. The summed E-state index contributed by atoms with van der Waals surface area (Å²) < 4.78 is 33.2. The topological polar surface area (TPSA) is 49.8 Å². The predicted molar refractivity (Wildman–Crippen MR) is 105 cm³/mol. The lowest BCUT2D eigenvalue weighted by Gasteiger charge is -2.27. The largest absolute Gasteiger partial charge is 0.492 e. The lowest BCUT2D eigenvalue weighted by molar-refractivity contribution is -0.143. The second kappa shape index (κ2) is 8.01. The highest BCUT2D eigenvalue weighted by Gasteiger charge is 2.33. The molecule has 3 aromatic carbocycles. The van der Waals surface area contributed by atoms with Crippen molar-refractivity contribution >= 4 is 5.97 Å². The molecule has 29 heavy (non-hydrogen) atoms. The van der Waals surface area contributed by atoms with Crippen LogP contribution in [0.3, 0.4) is 0 Å². The van der Waals surface area contributed by atoms with Crippen molar-refractivity contribution in [1.82, 2.24) is 4.90 Å². The SMILES string of the molecule is O=C(O)C1c2cc(F)ccc2OCCN1Cc1ccccc1-c1cccc(F)c1. The Morgan fingerprint density at radius 2 is 1.83 bits per heavy atom. The van der Waals surface area contributed by atoms with Crippen molar-refractivity contribution in [3.05, 3.63) is 89.5 Å². The number of hydrogen-bond donors (Lipinski definition) is 1. The van der Waals surface area contributed by atoms with Gasteiger partial charge in [0.15, 0.2) is 0 Å². The number of benzene rings is 3. The van der Waals surface area contributed by atoms with Gasteiger partial charge in [-0.2, -0.15) is 0 Å². The van der Waals surface area contributed by atoms with Crippen LogP contribution in [0, 0.1) is 11.6 Å². The van der Waals surface area contributed by atoms with E-state index >= 15 is 0 Å². The molecule has 0 aliphatic carbocycles. The third-order valence-electron chi connectivity index (χ3n) is 5.03. The van der Waals surface area contributed by atoms with Gasteiger partial charge in [0.1, 0.15) is 30.0 Å². The molecule has 1 atom stereocenters. The summed E-state index contributed by atoms with van der Waals surface area (Å²) in [5, 5.41) is 9.90. The van der Waals surface area contributed by atoms with Crippen LogP contribution in [0.4, 0.5) is 8.78 Å². The Kier molecular flexibility index (Phi) is 5.27. The summed E-state index contributed by atoms with van der Waals surface area (Å²) in [6.45, 7) is 0.929. The van der Waals surface area contributed by atoms with E-state index in [1.165, 1.54) is 30.3 Å². The van der Waals surface area contributed by atoms with Gasteiger partial charge in [0.2, 0.25) is 0 Å². The third kappa shape index (κ3) is 3.98. The number of rotatable bonds is 4. The Morgan fingerprint density at radius 3 is 2.62 bits per heavy atom. The molecule has 4 rings (SSSR count). The molecule has 148 valence electrons. The van der Waals surface area contributed by atoms with Gasteiger partial charge >= 0.3 is 5.97 Å². The maximum Gasteiger partial charge on any atom is 0.325 e. The number of fused-ring (bicyclic) bond motifs is 1. The zero-order valence-electron chi connectivity index (χ0n) is 15.5. The fourth-order valence-electron chi connectivity index (χ4n) is 3.74. The molecule has 3 aromatic rings. The van der Waals surface area contributed by atoms with Gasteiger partial charge in [-0.05, 0) is 47.0 Å². The normalized spacial score (nSPS) is 16.6. The van der Waals surface area contributed by atoms with Gasteiger partial charge in [-0.1, -0.05) is 36.4 Å². The molecule has 6 heteroatoms. The van der Waals surface area contributed by atoms with Gasteiger partial charge in [-0.3, -0.25) is 9.69 Å². The minimum absolute atomic E-state index is 0.282. The van der Waals surface area contributed by atoms with Crippen LogP contribution in [0.1, 0.15) is 17.2 Å². The molecular weight excluding hydrogens is 376 g/mol. The lowest BCUT2D eigenvalue weighted by Crippen LogP contribution is -2.34. The van der Waals surface area contributed by atoms with E-state index in [2.05, 4.69) is 0 Å². The molecule has 1 unspecified atom stereocenters. The number of ether oxygens (including phenoxy) is 1. The summed E-state index contributed by atoms with van der Waals surface area (Å²) in [6, 6.07) is 16.6. The van der Waals surface area contributed by atoms with E-state index in [4.69, 9.17) is 4.74 Å². The fourth-order valence-corrected chi connectivity index (χ4v) is 3.74. The molecule has 0 saturated heterocycles. The zero-order chi connectivity index (χ0) is 20.4. The second-order valence-electron chi connectivity index (χ2n) is 6.91. The molecule has 0 aromatic heterocycles.